The third kappa shape index (κ3) is 23.2. The number of aliphatic carboxylic acids is 1. The predicted molar refractivity (Wildman–Crippen MR) is 167 cm³/mol. The molecular weight excluding hydrogens is 474 g/mol. The monoisotopic (exact) mass is 545 g/mol. The zero-order chi connectivity index (χ0) is 28.8. The SMILES string of the molecule is CCCCCCCCCCCCCCCCCCC(O[Si](CC)(CC)C(C)(C)C)C(=O)O.C[N+](C)(C)C. The highest BCUT2D eigenvalue weighted by Gasteiger charge is 2.46. The molecule has 0 aliphatic rings. The molecule has 0 radical (unpaired) electrons. The van der Waals surface area contributed by atoms with E-state index in [0.717, 1.165) is 29.4 Å². The molecule has 0 saturated carbocycles. The van der Waals surface area contributed by atoms with Crippen LogP contribution in [-0.2, 0) is 9.22 Å². The Morgan fingerprint density at radius 3 is 1.22 bits per heavy atom. The van der Waals surface area contributed by atoms with Crippen LogP contribution in [0.15, 0.2) is 0 Å². The fourth-order valence-corrected chi connectivity index (χ4v) is 9.11. The van der Waals surface area contributed by atoms with Gasteiger partial charge in [0.1, 0.15) is 6.10 Å². The van der Waals surface area contributed by atoms with E-state index in [-0.39, 0.29) is 5.04 Å². The quantitative estimate of drug-likeness (QED) is 0.0837. The zero-order valence-corrected chi connectivity index (χ0v) is 28.2. The van der Waals surface area contributed by atoms with Crippen molar-refractivity contribution in [3.8, 4) is 0 Å². The van der Waals surface area contributed by atoms with Crippen molar-refractivity contribution in [2.75, 3.05) is 28.2 Å². The summed E-state index contributed by atoms with van der Waals surface area (Å²) in [6, 6.07) is 1.96. The summed E-state index contributed by atoms with van der Waals surface area (Å²) < 4.78 is 7.43. The lowest BCUT2D eigenvalue weighted by molar-refractivity contribution is -0.849. The molecule has 37 heavy (non-hydrogen) atoms. The van der Waals surface area contributed by atoms with Gasteiger partial charge in [-0.25, -0.2) is 4.79 Å². The molecule has 0 bridgehead atoms. The highest BCUT2D eigenvalue weighted by molar-refractivity contribution is 6.76. The topological polar surface area (TPSA) is 46.5 Å². The van der Waals surface area contributed by atoms with Crippen LogP contribution < -0.4 is 0 Å². The van der Waals surface area contributed by atoms with Crippen LogP contribution in [0.4, 0.5) is 0 Å². The van der Waals surface area contributed by atoms with E-state index >= 15 is 0 Å². The van der Waals surface area contributed by atoms with Gasteiger partial charge in [-0.2, -0.15) is 0 Å². The van der Waals surface area contributed by atoms with Crippen molar-refractivity contribution in [3.05, 3.63) is 0 Å². The molecule has 0 aliphatic carbocycles. The molecule has 0 aromatic carbocycles. The molecule has 0 spiro atoms. The molecule has 0 aliphatic heterocycles. The van der Waals surface area contributed by atoms with Gasteiger partial charge in [0, 0.05) is 0 Å². The average Bonchev–Trinajstić information content (AvgIpc) is 2.78. The van der Waals surface area contributed by atoms with Crippen LogP contribution in [0.1, 0.15) is 151 Å². The first-order valence-electron chi connectivity index (χ1n) is 15.9. The molecule has 1 atom stereocenters. The molecule has 0 saturated heterocycles. The molecule has 5 heteroatoms. The maximum Gasteiger partial charge on any atom is 0.331 e. The molecule has 1 N–H and O–H groups in total. The van der Waals surface area contributed by atoms with Crippen LogP contribution in [0.2, 0.25) is 17.1 Å². The summed E-state index contributed by atoms with van der Waals surface area (Å²) in [4.78, 5) is 11.8. The van der Waals surface area contributed by atoms with Crippen molar-refractivity contribution >= 4 is 14.3 Å². The first-order valence-corrected chi connectivity index (χ1v) is 18.3. The van der Waals surface area contributed by atoms with Gasteiger partial charge in [0.15, 0.2) is 8.32 Å². The van der Waals surface area contributed by atoms with E-state index in [1.54, 1.807) is 0 Å². The Labute approximate surface area is 235 Å². The van der Waals surface area contributed by atoms with Crippen molar-refractivity contribution in [2.45, 2.75) is 174 Å². The fraction of sp³-hybridized carbons (Fsp3) is 0.969. The van der Waals surface area contributed by atoms with E-state index in [0.29, 0.717) is 6.42 Å². The summed E-state index contributed by atoms with van der Waals surface area (Å²) in [5.74, 6) is -0.769. The molecule has 0 aromatic rings. The number of unbranched alkanes of at least 4 members (excludes halogenated alkanes) is 15. The third-order valence-corrected chi connectivity index (χ3v) is 13.2. The smallest absolute Gasteiger partial charge is 0.331 e. The molecule has 4 nitrogen and oxygen atoms in total. The lowest BCUT2D eigenvalue weighted by atomic mass is 10.0. The van der Waals surface area contributed by atoms with Gasteiger partial charge in [0.05, 0.1) is 28.2 Å². The normalized spacial score (nSPS) is 13.2. The number of hydrogen-bond donors (Lipinski definition) is 1. The Kier molecular flexibility index (Phi) is 23.5. The molecule has 0 heterocycles. The van der Waals surface area contributed by atoms with Crippen LogP contribution in [0.5, 0.6) is 0 Å². The predicted octanol–water partition coefficient (Wildman–Crippen LogP) is 10.2. The third-order valence-electron chi connectivity index (χ3n) is 7.47. The highest BCUT2D eigenvalue weighted by atomic mass is 28.4. The van der Waals surface area contributed by atoms with Gasteiger partial charge in [0.25, 0.3) is 0 Å². The van der Waals surface area contributed by atoms with Crippen molar-refractivity contribution in [3.63, 3.8) is 0 Å². The summed E-state index contributed by atoms with van der Waals surface area (Å²) in [5, 5.41) is 9.78. The van der Waals surface area contributed by atoms with Crippen molar-refractivity contribution in [2.24, 2.45) is 0 Å². The van der Waals surface area contributed by atoms with E-state index in [4.69, 9.17) is 4.43 Å². The van der Waals surface area contributed by atoms with Gasteiger partial charge in [0.2, 0.25) is 0 Å². The molecule has 1 unspecified atom stereocenters. The second kappa shape index (κ2) is 22.4. The first kappa shape index (κ1) is 38.8. The molecule has 224 valence electrons. The second-order valence-electron chi connectivity index (χ2n) is 13.7. The molecule has 0 amide bonds. The lowest BCUT2D eigenvalue weighted by Gasteiger charge is -2.42. The fourth-order valence-electron chi connectivity index (χ4n) is 5.04. The van der Waals surface area contributed by atoms with E-state index < -0.39 is 20.4 Å². The number of carboxylic acid groups (broad SMARTS) is 1. The minimum atomic E-state index is -2.06. The zero-order valence-electron chi connectivity index (χ0n) is 27.2. The Morgan fingerprint density at radius 1 is 0.676 bits per heavy atom. The van der Waals surface area contributed by atoms with Crippen molar-refractivity contribution in [1.29, 1.82) is 0 Å². The van der Waals surface area contributed by atoms with Crippen molar-refractivity contribution < 1.29 is 18.8 Å². The van der Waals surface area contributed by atoms with Gasteiger partial charge in [-0.1, -0.05) is 144 Å². The van der Waals surface area contributed by atoms with E-state index in [1.165, 1.54) is 89.9 Å². The van der Waals surface area contributed by atoms with Crippen molar-refractivity contribution in [1.82, 2.24) is 0 Å². The van der Waals surface area contributed by atoms with E-state index in [2.05, 4.69) is 69.7 Å². The minimum Gasteiger partial charge on any atom is -0.479 e. The Hall–Kier alpha value is -0.393. The second-order valence-corrected chi connectivity index (χ2v) is 18.8. The summed E-state index contributed by atoms with van der Waals surface area (Å²) in [7, 11) is 6.44. The molecule has 0 rings (SSSR count). The largest absolute Gasteiger partial charge is 0.479 e. The Bertz CT molecular complexity index is 515. The number of carbonyl (C=O) groups is 1. The molecule has 0 aromatic heterocycles. The summed E-state index contributed by atoms with van der Waals surface area (Å²) in [6.07, 6.45) is 21.5. The van der Waals surface area contributed by atoms with Crippen LogP contribution >= 0.6 is 0 Å². The Balaban J connectivity index is 0. The summed E-state index contributed by atoms with van der Waals surface area (Å²) in [5.41, 5.74) is 0. The lowest BCUT2D eigenvalue weighted by Crippen LogP contribution is -2.50. The number of nitrogens with zero attached hydrogens (tertiary/aromatic N) is 1. The summed E-state index contributed by atoms with van der Waals surface area (Å²) >= 11 is 0. The van der Waals surface area contributed by atoms with E-state index in [9.17, 15) is 9.90 Å². The van der Waals surface area contributed by atoms with Gasteiger partial charge in [-0.05, 0) is 23.5 Å². The van der Waals surface area contributed by atoms with Gasteiger partial charge in [-0.3, -0.25) is 0 Å². The molecule has 0 fully saturated rings. The number of hydrogen-bond acceptors (Lipinski definition) is 2. The van der Waals surface area contributed by atoms with Crippen LogP contribution in [0.3, 0.4) is 0 Å². The number of carboxylic acids is 1. The van der Waals surface area contributed by atoms with Crippen LogP contribution in [-0.4, -0.2) is 58.2 Å². The maximum atomic E-state index is 11.8. The van der Waals surface area contributed by atoms with E-state index in [1.807, 2.05) is 0 Å². The standard InChI is InChI=1S/C28H58O3Si.C4H12N/c1-7-10-11-12-13-14-15-16-17-18-19-20-21-22-23-24-25-26(27(29)30)31-32(8-2,9-3)28(4,5)6;1-5(2,3)4/h26H,7-25H2,1-6H3,(H,29,30);1-4H3/q;+1. The first-order chi connectivity index (χ1) is 17.2. The number of rotatable bonds is 22. The number of quaternary nitrogens is 1. The van der Waals surface area contributed by atoms with Gasteiger partial charge in [-0.15, -0.1) is 0 Å². The molecular formula is C32H70NO3Si+. The van der Waals surface area contributed by atoms with Crippen LogP contribution in [0.25, 0.3) is 0 Å². The summed E-state index contributed by atoms with van der Waals surface area (Å²) in [6.45, 7) is 13.3. The van der Waals surface area contributed by atoms with Crippen LogP contribution in [0, 0.1) is 0 Å². The minimum absolute atomic E-state index is 0.0683. The highest BCUT2D eigenvalue weighted by Crippen LogP contribution is 2.43. The average molecular weight is 545 g/mol. The maximum absolute atomic E-state index is 11.8. The van der Waals surface area contributed by atoms with Gasteiger partial charge >= 0.3 is 5.97 Å². The van der Waals surface area contributed by atoms with Gasteiger partial charge < -0.3 is 14.0 Å². The Morgan fingerprint density at radius 2 is 0.973 bits per heavy atom.